The van der Waals surface area contributed by atoms with Crippen LogP contribution in [0.15, 0.2) is 24.3 Å². The molecular formula is C17H21N3O3. The summed E-state index contributed by atoms with van der Waals surface area (Å²) in [7, 11) is 1.65. The van der Waals surface area contributed by atoms with Crippen LogP contribution in [0, 0.1) is 0 Å². The van der Waals surface area contributed by atoms with Crippen LogP contribution in [-0.4, -0.2) is 39.7 Å². The molecule has 0 bridgehead atoms. The Hall–Kier alpha value is -2.63. The molecule has 0 saturated heterocycles. The summed E-state index contributed by atoms with van der Waals surface area (Å²) in [5, 5.41) is 19.1. The number of anilines is 1. The summed E-state index contributed by atoms with van der Waals surface area (Å²) in [4.78, 5) is 21.4. The highest BCUT2D eigenvalue weighted by molar-refractivity contribution is 5.75. The molecule has 0 atom stereocenters. The van der Waals surface area contributed by atoms with Crippen molar-refractivity contribution >= 4 is 11.9 Å². The average Bonchev–Trinajstić information content (AvgIpc) is 2.53. The summed E-state index contributed by atoms with van der Waals surface area (Å²) >= 11 is 0. The van der Waals surface area contributed by atoms with Crippen LogP contribution in [-0.2, 0) is 17.6 Å². The molecule has 0 aliphatic rings. The van der Waals surface area contributed by atoms with Crippen LogP contribution in [0.4, 0.5) is 5.95 Å². The van der Waals surface area contributed by atoms with Crippen molar-refractivity contribution in [2.45, 2.75) is 26.7 Å². The number of para-hydroxylation sites is 1. The van der Waals surface area contributed by atoms with E-state index in [-0.39, 0.29) is 12.3 Å². The number of hydrogen-bond acceptors (Lipinski definition) is 5. The number of phenols is 1. The molecule has 2 N–H and O–H groups in total. The van der Waals surface area contributed by atoms with Gasteiger partial charge in [0.1, 0.15) is 12.3 Å². The number of carbonyl (C=O) groups is 1. The highest BCUT2D eigenvalue weighted by Crippen LogP contribution is 2.34. The third kappa shape index (κ3) is 3.59. The average molecular weight is 315 g/mol. The van der Waals surface area contributed by atoms with Crippen LogP contribution in [0.5, 0.6) is 5.75 Å². The second kappa shape index (κ2) is 7.09. The van der Waals surface area contributed by atoms with Gasteiger partial charge >= 0.3 is 5.97 Å². The Labute approximate surface area is 135 Å². The molecule has 2 rings (SSSR count). The van der Waals surface area contributed by atoms with Crippen LogP contribution in [0.1, 0.15) is 25.2 Å². The number of likely N-dealkylation sites (N-methyl/N-ethyl adjacent to an activating group) is 1. The Morgan fingerprint density at radius 3 is 2.17 bits per heavy atom. The van der Waals surface area contributed by atoms with E-state index in [0.29, 0.717) is 24.4 Å². The molecule has 1 heterocycles. The lowest BCUT2D eigenvalue weighted by Crippen LogP contribution is -2.27. The fraction of sp³-hybridized carbons (Fsp3) is 0.353. The van der Waals surface area contributed by atoms with Crippen molar-refractivity contribution in [2.75, 3.05) is 18.5 Å². The molecule has 0 radical (unpaired) electrons. The minimum atomic E-state index is -0.933. The Morgan fingerprint density at radius 1 is 1.13 bits per heavy atom. The molecule has 0 unspecified atom stereocenters. The molecule has 0 aliphatic carbocycles. The zero-order valence-electron chi connectivity index (χ0n) is 13.6. The van der Waals surface area contributed by atoms with Gasteiger partial charge in [-0.25, -0.2) is 9.97 Å². The van der Waals surface area contributed by atoms with Gasteiger partial charge in [-0.05, 0) is 18.9 Å². The molecule has 0 fully saturated rings. The molecule has 1 aromatic carbocycles. The van der Waals surface area contributed by atoms with Gasteiger partial charge in [-0.3, -0.25) is 4.79 Å². The number of rotatable bonds is 6. The SMILES string of the molecule is CCc1nc(N(C)CC(=O)O)nc(CC)c1-c1ccccc1O. The van der Waals surface area contributed by atoms with Crippen molar-refractivity contribution in [3.8, 4) is 16.9 Å². The van der Waals surface area contributed by atoms with E-state index in [0.717, 1.165) is 17.0 Å². The monoisotopic (exact) mass is 315 g/mol. The van der Waals surface area contributed by atoms with Crippen molar-refractivity contribution in [1.82, 2.24) is 9.97 Å². The third-order valence-corrected chi connectivity index (χ3v) is 3.60. The first-order chi connectivity index (χ1) is 11.0. The zero-order valence-corrected chi connectivity index (χ0v) is 13.6. The largest absolute Gasteiger partial charge is 0.507 e. The Morgan fingerprint density at radius 2 is 1.70 bits per heavy atom. The number of aliphatic carboxylic acids is 1. The third-order valence-electron chi connectivity index (χ3n) is 3.60. The lowest BCUT2D eigenvalue weighted by atomic mass is 9.98. The lowest BCUT2D eigenvalue weighted by Gasteiger charge is -2.19. The second-order valence-electron chi connectivity index (χ2n) is 5.27. The quantitative estimate of drug-likeness (QED) is 0.851. The van der Waals surface area contributed by atoms with Crippen molar-refractivity contribution in [3.05, 3.63) is 35.7 Å². The summed E-state index contributed by atoms with van der Waals surface area (Å²) in [6.07, 6.45) is 1.32. The zero-order chi connectivity index (χ0) is 17.0. The van der Waals surface area contributed by atoms with E-state index in [1.165, 1.54) is 4.90 Å². The minimum absolute atomic E-state index is 0.164. The maximum Gasteiger partial charge on any atom is 0.323 e. The molecule has 0 amide bonds. The van der Waals surface area contributed by atoms with Crippen molar-refractivity contribution in [2.24, 2.45) is 0 Å². The number of carboxylic acid groups (broad SMARTS) is 1. The van der Waals surface area contributed by atoms with Gasteiger partial charge in [0.25, 0.3) is 0 Å². The van der Waals surface area contributed by atoms with Gasteiger partial charge in [-0.15, -0.1) is 0 Å². The molecular weight excluding hydrogens is 294 g/mol. The van der Waals surface area contributed by atoms with E-state index in [1.807, 2.05) is 26.0 Å². The van der Waals surface area contributed by atoms with Crippen molar-refractivity contribution in [1.29, 1.82) is 0 Å². The highest BCUT2D eigenvalue weighted by Gasteiger charge is 2.18. The maximum absolute atomic E-state index is 10.9. The molecule has 0 saturated carbocycles. The van der Waals surface area contributed by atoms with Gasteiger partial charge in [-0.2, -0.15) is 0 Å². The molecule has 0 aliphatic heterocycles. The first kappa shape index (κ1) is 16.7. The Balaban J connectivity index is 2.60. The molecule has 122 valence electrons. The normalized spacial score (nSPS) is 10.6. The van der Waals surface area contributed by atoms with Gasteiger partial charge in [-0.1, -0.05) is 32.0 Å². The molecule has 6 heteroatoms. The number of aryl methyl sites for hydroxylation is 2. The molecule has 2 aromatic rings. The number of hydrogen-bond donors (Lipinski definition) is 2. The van der Waals surface area contributed by atoms with Gasteiger partial charge in [0.2, 0.25) is 5.95 Å². The first-order valence-electron chi connectivity index (χ1n) is 7.59. The van der Waals surface area contributed by atoms with Crippen LogP contribution in [0.3, 0.4) is 0 Å². The van der Waals surface area contributed by atoms with Gasteiger partial charge in [0.05, 0.1) is 11.4 Å². The standard InChI is InChI=1S/C17H21N3O3/c1-4-12-16(11-8-6-7-9-14(11)21)13(5-2)19-17(18-12)20(3)10-15(22)23/h6-9,21H,4-5,10H2,1-3H3,(H,22,23). The summed E-state index contributed by atoms with van der Waals surface area (Å²) < 4.78 is 0. The number of phenolic OH excluding ortho intramolecular Hbond substituents is 1. The van der Waals surface area contributed by atoms with Gasteiger partial charge in [0.15, 0.2) is 0 Å². The van der Waals surface area contributed by atoms with Crippen LogP contribution in [0.2, 0.25) is 0 Å². The van der Waals surface area contributed by atoms with Crippen molar-refractivity contribution in [3.63, 3.8) is 0 Å². The van der Waals surface area contributed by atoms with Crippen LogP contribution in [0.25, 0.3) is 11.1 Å². The van der Waals surface area contributed by atoms with E-state index in [1.54, 1.807) is 19.2 Å². The van der Waals surface area contributed by atoms with Crippen LogP contribution >= 0.6 is 0 Å². The predicted molar refractivity (Wildman–Crippen MR) is 88.8 cm³/mol. The van der Waals surface area contributed by atoms with E-state index in [9.17, 15) is 9.90 Å². The number of nitrogens with zero attached hydrogens (tertiary/aromatic N) is 3. The van der Waals surface area contributed by atoms with Crippen LogP contribution < -0.4 is 4.90 Å². The molecule has 0 spiro atoms. The smallest absolute Gasteiger partial charge is 0.323 e. The number of aromatic hydroxyl groups is 1. The van der Waals surface area contributed by atoms with Gasteiger partial charge in [0, 0.05) is 18.2 Å². The minimum Gasteiger partial charge on any atom is -0.507 e. The Kier molecular flexibility index (Phi) is 5.16. The maximum atomic E-state index is 10.9. The van der Waals surface area contributed by atoms with E-state index in [2.05, 4.69) is 9.97 Å². The second-order valence-corrected chi connectivity index (χ2v) is 5.27. The van der Waals surface area contributed by atoms with Crippen molar-refractivity contribution < 1.29 is 15.0 Å². The summed E-state index contributed by atoms with van der Waals surface area (Å²) in [5.41, 5.74) is 3.13. The topological polar surface area (TPSA) is 86.6 Å². The van der Waals surface area contributed by atoms with E-state index in [4.69, 9.17) is 5.11 Å². The van der Waals surface area contributed by atoms with Gasteiger partial charge < -0.3 is 15.1 Å². The number of carboxylic acids is 1. The summed E-state index contributed by atoms with van der Waals surface area (Å²) in [5.74, 6) is -0.357. The van der Waals surface area contributed by atoms with E-state index < -0.39 is 5.97 Å². The molecule has 1 aromatic heterocycles. The molecule has 23 heavy (non-hydrogen) atoms. The summed E-state index contributed by atoms with van der Waals surface area (Å²) in [6, 6.07) is 7.11. The first-order valence-corrected chi connectivity index (χ1v) is 7.59. The predicted octanol–water partition coefficient (Wildman–Crippen LogP) is 2.49. The number of aromatic nitrogens is 2. The fourth-order valence-corrected chi connectivity index (χ4v) is 2.50. The fourth-order valence-electron chi connectivity index (χ4n) is 2.50. The highest BCUT2D eigenvalue weighted by atomic mass is 16.4. The number of benzene rings is 1. The lowest BCUT2D eigenvalue weighted by molar-refractivity contribution is -0.135. The molecule has 6 nitrogen and oxygen atoms in total. The summed E-state index contributed by atoms with van der Waals surface area (Å²) in [6.45, 7) is 3.79. The van der Waals surface area contributed by atoms with E-state index >= 15 is 0 Å². The Bertz CT molecular complexity index is 691.